The SMILES string of the molecule is CSCc1cc(O)cc2cc(-c3ccc(O)cc3)oc12. The molecule has 3 aromatic rings. The number of furan rings is 1. The first-order valence-corrected chi connectivity index (χ1v) is 7.60. The molecule has 0 bridgehead atoms. The highest BCUT2D eigenvalue weighted by atomic mass is 32.2. The van der Waals surface area contributed by atoms with Gasteiger partial charge in [-0.1, -0.05) is 0 Å². The highest BCUT2D eigenvalue weighted by Gasteiger charge is 2.11. The van der Waals surface area contributed by atoms with E-state index in [1.165, 1.54) is 0 Å². The fourth-order valence-corrected chi connectivity index (χ4v) is 2.76. The average molecular weight is 286 g/mol. The quantitative estimate of drug-likeness (QED) is 0.750. The lowest BCUT2D eigenvalue weighted by Gasteiger charge is -2.01. The fraction of sp³-hybridized carbons (Fsp3) is 0.125. The van der Waals surface area contributed by atoms with Gasteiger partial charge in [-0.05, 0) is 48.7 Å². The Morgan fingerprint density at radius 3 is 2.45 bits per heavy atom. The molecule has 20 heavy (non-hydrogen) atoms. The summed E-state index contributed by atoms with van der Waals surface area (Å²) in [6.45, 7) is 0. The zero-order chi connectivity index (χ0) is 14.1. The molecule has 102 valence electrons. The third kappa shape index (κ3) is 2.34. The zero-order valence-corrected chi connectivity index (χ0v) is 11.8. The number of fused-ring (bicyclic) bond motifs is 1. The molecule has 0 unspecified atom stereocenters. The predicted molar refractivity (Wildman–Crippen MR) is 82.2 cm³/mol. The molecule has 2 aromatic carbocycles. The number of phenols is 2. The molecule has 0 atom stereocenters. The van der Waals surface area contributed by atoms with E-state index in [9.17, 15) is 10.2 Å². The summed E-state index contributed by atoms with van der Waals surface area (Å²) in [6.07, 6.45) is 2.01. The lowest BCUT2D eigenvalue weighted by atomic mass is 10.1. The maximum Gasteiger partial charge on any atom is 0.139 e. The minimum absolute atomic E-state index is 0.227. The van der Waals surface area contributed by atoms with Gasteiger partial charge in [-0.3, -0.25) is 0 Å². The second-order valence-electron chi connectivity index (χ2n) is 4.61. The van der Waals surface area contributed by atoms with Crippen molar-refractivity contribution in [3.63, 3.8) is 0 Å². The highest BCUT2D eigenvalue weighted by molar-refractivity contribution is 7.97. The van der Waals surface area contributed by atoms with E-state index in [-0.39, 0.29) is 11.5 Å². The van der Waals surface area contributed by atoms with E-state index in [2.05, 4.69) is 0 Å². The average Bonchev–Trinajstić information content (AvgIpc) is 2.83. The third-order valence-electron chi connectivity index (χ3n) is 3.13. The number of hydrogen-bond donors (Lipinski definition) is 2. The Morgan fingerprint density at radius 2 is 1.75 bits per heavy atom. The molecule has 0 saturated heterocycles. The van der Waals surface area contributed by atoms with E-state index in [1.54, 1.807) is 48.2 Å². The summed E-state index contributed by atoms with van der Waals surface area (Å²) in [6, 6.07) is 12.2. The molecule has 2 N–H and O–H groups in total. The van der Waals surface area contributed by atoms with Gasteiger partial charge in [-0.15, -0.1) is 0 Å². The van der Waals surface area contributed by atoms with Crippen molar-refractivity contribution in [1.82, 2.24) is 0 Å². The normalized spacial score (nSPS) is 11.1. The molecule has 0 radical (unpaired) electrons. The molecule has 0 spiro atoms. The monoisotopic (exact) mass is 286 g/mol. The van der Waals surface area contributed by atoms with Crippen LogP contribution in [0.5, 0.6) is 11.5 Å². The largest absolute Gasteiger partial charge is 0.508 e. The van der Waals surface area contributed by atoms with E-state index < -0.39 is 0 Å². The van der Waals surface area contributed by atoms with Gasteiger partial charge in [0.15, 0.2) is 0 Å². The van der Waals surface area contributed by atoms with E-state index in [1.807, 2.05) is 12.3 Å². The van der Waals surface area contributed by atoms with Crippen LogP contribution in [-0.2, 0) is 5.75 Å². The first-order chi connectivity index (χ1) is 9.67. The summed E-state index contributed by atoms with van der Waals surface area (Å²) >= 11 is 1.68. The van der Waals surface area contributed by atoms with Crippen LogP contribution in [0.1, 0.15) is 5.56 Å². The molecule has 3 rings (SSSR count). The maximum atomic E-state index is 9.77. The van der Waals surface area contributed by atoms with Gasteiger partial charge in [0, 0.05) is 22.3 Å². The second-order valence-corrected chi connectivity index (χ2v) is 5.48. The van der Waals surface area contributed by atoms with Crippen LogP contribution in [0.3, 0.4) is 0 Å². The number of benzene rings is 2. The van der Waals surface area contributed by atoms with Crippen molar-refractivity contribution in [1.29, 1.82) is 0 Å². The molecule has 4 heteroatoms. The van der Waals surface area contributed by atoms with Crippen LogP contribution in [0.25, 0.3) is 22.3 Å². The lowest BCUT2D eigenvalue weighted by Crippen LogP contribution is -1.80. The Bertz CT molecular complexity index is 744. The Hall–Kier alpha value is -2.07. The van der Waals surface area contributed by atoms with Gasteiger partial charge in [0.05, 0.1) is 0 Å². The Morgan fingerprint density at radius 1 is 1.00 bits per heavy atom. The van der Waals surface area contributed by atoms with Crippen LogP contribution in [0.4, 0.5) is 0 Å². The van der Waals surface area contributed by atoms with Gasteiger partial charge >= 0.3 is 0 Å². The zero-order valence-electron chi connectivity index (χ0n) is 11.0. The molecular weight excluding hydrogens is 272 g/mol. The maximum absolute atomic E-state index is 9.77. The van der Waals surface area contributed by atoms with Crippen LogP contribution in [0.15, 0.2) is 46.9 Å². The van der Waals surface area contributed by atoms with E-state index >= 15 is 0 Å². The fourth-order valence-electron chi connectivity index (χ4n) is 2.24. The van der Waals surface area contributed by atoms with Crippen molar-refractivity contribution in [2.75, 3.05) is 6.26 Å². The molecule has 3 nitrogen and oxygen atoms in total. The van der Waals surface area contributed by atoms with Crippen molar-refractivity contribution < 1.29 is 14.6 Å². The molecule has 0 aliphatic heterocycles. The van der Waals surface area contributed by atoms with Gasteiger partial charge in [-0.2, -0.15) is 11.8 Å². The van der Waals surface area contributed by atoms with E-state index in [4.69, 9.17) is 4.42 Å². The summed E-state index contributed by atoms with van der Waals surface area (Å²) in [7, 11) is 0. The first kappa shape index (κ1) is 12.9. The van der Waals surface area contributed by atoms with Gasteiger partial charge in [-0.25, -0.2) is 0 Å². The summed E-state index contributed by atoms with van der Waals surface area (Å²) in [5.74, 6) is 1.99. The number of thioether (sulfide) groups is 1. The number of hydrogen-bond acceptors (Lipinski definition) is 4. The minimum Gasteiger partial charge on any atom is -0.508 e. The van der Waals surface area contributed by atoms with Crippen molar-refractivity contribution >= 4 is 22.7 Å². The molecule has 0 aliphatic rings. The van der Waals surface area contributed by atoms with Gasteiger partial charge in [0.1, 0.15) is 22.8 Å². The van der Waals surface area contributed by atoms with Crippen molar-refractivity contribution in [3.8, 4) is 22.8 Å². The highest BCUT2D eigenvalue weighted by Crippen LogP contribution is 2.34. The summed E-state index contributed by atoms with van der Waals surface area (Å²) < 4.78 is 5.93. The Kier molecular flexibility index (Phi) is 3.32. The predicted octanol–water partition coefficient (Wildman–Crippen LogP) is 4.37. The third-order valence-corrected chi connectivity index (χ3v) is 3.73. The molecule has 0 fully saturated rings. The van der Waals surface area contributed by atoms with Gasteiger partial charge in [0.2, 0.25) is 0 Å². The molecular formula is C16H14O3S. The minimum atomic E-state index is 0.227. The smallest absolute Gasteiger partial charge is 0.139 e. The lowest BCUT2D eigenvalue weighted by molar-refractivity contribution is 0.474. The summed E-state index contributed by atoms with van der Waals surface area (Å²) in [5, 5.41) is 20.0. The van der Waals surface area contributed by atoms with Gasteiger partial charge < -0.3 is 14.6 Å². The number of phenolic OH excluding ortho intramolecular Hbond substituents is 2. The summed E-state index contributed by atoms with van der Waals surface area (Å²) in [4.78, 5) is 0. The van der Waals surface area contributed by atoms with Crippen molar-refractivity contribution in [2.45, 2.75) is 5.75 Å². The number of aromatic hydroxyl groups is 2. The second kappa shape index (κ2) is 5.13. The van der Waals surface area contributed by atoms with Crippen molar-refractivity contribution in [2.24, 2.45) is 0 Å². The molecule has 1 aromatic heterocycles. The standard InChI is InChI=1S/C16H14O3S/c1-20-9-12-7-14(18)6-11-8-15(19-16(11)12)10-2-4-13(17)5-3-10/h2-8,17-18H,9H2,1H3. The van der Waals surface area contributed by atoms with Gasteiger partial charge in [0.25, 0.3) is 0 Å². The Labute approximate surface area is 120 Å². The van der Waals surface area contributed by atoms with Crippen LogP contribution in [0.2, 0.25) is 0 Å². The van der Waals surface area contributed by atoms with Crippen LogP contribution >= 0.6 is 11.8 Å². The van der Waals surface area contributed by atoms with Crippen LogP contribution < -0.4 is 0 Å². The summed E-state index contributed by atoms with van der Waals surface area (Å²) in [5.41, 5.74) is 2.69. The number of rotatable bonds is 3. The molecule has 0 aliphatic carbocycles. The van der Waals surface area contributed by atoms with E-state index in [0.717, 1.165) is 33.6 Å². The molecule has 0 amide bonds. The Balaban J connectivity index is 2.14. The molecule has 0 saturated carbocycles. The van der Waals surface area contributed by atoms with Crippen LogP contribution in [0, 0.1) is 0 Å². The van der Waals surface area contributed by atoms with Crippen molar-refractivity contribution in [3.05, 3.63) is 48.0 Å². The first-order valence-electron chi connectivity index (χ1n) is 6.21. The topological polar surface area (TPSA) is 53.6 Å². The van der Waals surface area contributed by atoms with Crippen LogP contribution in [-0.4, -0.2) is 16.5 Å². The van der Waals surface area contributed by atoms with E-state index in [0.29, 0.717) is 0 Å². The molecule has 1 heterocycles.